The van der Waals surface area contributed by atoms with Crippen molar-refractivity contribution < 1.29 is 14.3 Å². The Balaban J connectivity index is 1.77. The SMILES string of the molecule is Cc1cc(NC(=O)CN2C(=O)CCOc3ccccc32)ccc1Br. The molecule has 0 fully saturated rings. The predicted octanol–water partition coefficient (Wildman–Crippen LogP) is 3.51. The molecule has 1 aliphatic heterocycles. The number of nitrogens with one attached hydrogen (secondary N) is 1. The van der Waals surface area contributed by atoms with Gasteiger partial charge in [-0.25, -0.2) is 0 Å². The van der Waals surface area contributed by atoms with Crippen molar-refractivity contribution in [3.8, 4) is 5.75 Å². The van der Waals surface area contributed by atoms with Crippen molar-refractivity contribution in [2.45, 2.75) is 13.3 Å². The van der Waals surface area contributed by atoms with Crippen molar-refractivity contribution in [1.29, 1.82) is 0 Å². The molecular formula is C18H17BrN2O3. The van der Waals surface area contributed by atoms with E-state index in [-0.39, 0.29) is 24.8 Å². The van der Waals surface area contributed by atoms with E-state index in [1.54, 1.807) is 12.1 Å². The van der Waals surface area contributed by atoms with Crippen LogP contribution in [0.4, 0.5) is 11.4 Å². The number of para-hydroxylation sites is 2. The smallest absolute Gasteiger partial charge is 0.244 e. The summed E-state index contributed by atoms with van der Waals surface area (Å²) in [5.41, 5.74) is 2.35. The maximum Gasteiger partial charge on any atom is 0.244 e. The van der Waals surface area contributed by atoms with E-state index < -0.39 is 0 Å². The molecule has 0 saturated carbocycles. The lowest BCUT2D eigenvalue weighted by atomic mass is 10.2. The van der Waals surface area contributed by atoms with Gasteiger partial charge in [-0.3, -0.25) is 14.5 Å². The molecule has 1 N–H and O–H groups in total. The zero-order valence-electron chi connectivity index (χ0n) is 13.2. The molecule has 0 unspecified atom stereocenters. The zero-order valence-corrected chi connectivity index (χ0v) is 14.8. The molecule has 0 aromatic heterocycles. The van der Waals surface area contributed by atoms with Crippen molar-refractivity contribution in [3.63, 3.8) is 0 Å². The van der Waals surface area contributed by atoms with Crippen molar-refractivity contribution in [2.24, 2.45) is 0 Å². The van der Waals surface area contributed by atoms with Gasteiger partial charge < -0.3 is 10.1 Å². The molecular weight excluding hydrogens is 372 g/mol. The molecule has 0 aliphatic carbocycles. The number of aryl methyl sites for hydroxylation is 1. The van der Waals surface area contributed by atoms with Crippen LogP contribution in [0.3, 0.4) is 0 Å². The van der Waals surface area contributed by atoms with Crippen molar-refractivity contribution in [3.05, 3.63) is 52.5 Å². The Morgan fingerprint density at radius 2 is 2.08 bits per heavy atom. The number of amides is 2. The normalized spacial score (nSPS) is 13.8. The fraction of sp³-hybridized carbons (Fsp3) is 0.222. The van der Waals surface area contributed by atoms with Crippen LogP contribution < -0.4 is 15.0 Å². The highest BCUT2D eigenvalue weighted by molar-refractivity contribution is 9.10. The predicted molar refractivity (Wildman–Crippen MR) is 96.4 cm³/mol. The highest BCUT2D eigenvalue weighted by Gasteiger charge is 2.25. The van der Waals surface area contributed by atoms with E-state index in [4.69, 9.17) is 4.74 Å². The first-order valence-corrected chi connectivity index (χ1v) is 8.42. The molecule has 124 valence electrons. The molecule has 24 heavy (non-hydrogen) atoms. The Hall–Kier alpha value is -2.34. The highest BCUT2D eigenvalue weighted by atomic mass is 79.9. The van der Waals surface area contributed by atoms with Crippen molar-refractivity contribution >= 4 is 39.1 Å². The van der Waals surface area contributed by atoms with E-state index >= 15 is 0 Å². The first-order valence-electron chi connectivity index (χ1n) is 7.63. The number of ether oxygens (including phenoxy) is 1. The standard InChI is InChI=1S/C18H17BrN2O3/c1-12-10-13(6-7-14(12)19)20-17(22)11-21-15-4-2-3-5-16(15)24-9-8-18(21)23/h2-7,10H,8-9,11H2,1H3,(H,20,22). The molecule has 0 saturated heterocycles. The van der Waals surface area contributed by atoms with Crippen LogP contribution >= 0.6 is 15.9 Å². The summed E-state index contributed by atoms with van der Waals surface area (Å²) in [5, 5.41) is 2.83. The Bertz CT molecular complexity index is 792. The van der Waals surface area contributed by atoms with Gasteiger partial charge in [0, 0.05) is 10.2 Å². The third kappa shape index (κ3) is 3.59. The van der Waals surface area contributed by atoms with Crippen LogP contribution in [0.1, 0.15) is 12.0 Å². The molecule has 1 heterocycles. The number of carbonyl (C=O) groups excluding carboxylic acids is 2. The number of carbonyl (C=O) groups is 2. The molecule has 0 bridgehead atoms. The van der Waals surface area contributed by atoms with E-state index in [9.17, 15) is 9.59 Å². The summed E-state index contributed by atoms with van der Waals surface area (Å²) in [6.45, 7) is 2.22. The molecule has 0 radical (unpaired) electrons. The van der Waals surface area contributed by atoms with E-state index in [2.05, 4.69) is 21.2 Å². The third-order valence-electron chi connectivity index (χ3n) is 3.77. The van der Waals surface area contributed by atoms with E-state index in [0.29, 0.717) is 23.7 Å². The molecule has 0 atom stereocenters. The van der Waals surface area contributed by atoms with Crippen LogP contribution in [0.5, 0.6) is 5.75 Å². The van der Waals surface area contributed by atoms with Gasteiger partial charge in [-0.05, 0) is 42.8 Å². The second kappa shape index (κ2) is 7.05. The zero-order chi connectivity index (χ0) is 17.1. The fourth-order valence-electron chi connectivity index (χ4n) is 2.56. The summed E-state index contributed by atoms with van der Waals surface area (Å²) in [5.74, 6) is 0.250. The number of rotatable bonds is 3. The molecule has 2 amide bonds. The summed E-state index contributed by atoms with van der Waals surface area (Å²) in [6, 6.07) is 12.8. The summed E-state index contributed by atoms with van der Waals surface area (Å²) in [6.07, 6.45) is 0.249. The largest absolute Gasteiger partial charge is 0.491 e. The first-order chi connectivity index (χ1) is 11.5. The number of fused-ring (bicyclic) bond motifs is 1. The minimum Gasteiger partial charge on any atom is -0.491 e. The third-order valence-corrected chi connectivity index (χ3v) is 4.66. The summed E-state index contributed by atoms with van der Waals surface area (Å²) >= 11 is 3.43. The minimum atomic E-state index is -0.248. The van der Waals surface area contributed by atoms with Gasteiger partial charge in [0.05, 0.1) is 18.7 Å². The lowest BCUT2D eigenvalue weighted by Gasteiger charge is -2.21. The Morgan fingerprint density at radius 3 is 2.88 bits per heavy atom. The van der Waals surface area contributed by atoms with Crippen molar-refractivity contribution in [2.75, 3.05) is 23.4 Å². The Morgan fingerprint density at radius 1 is 1.29 bits per heavy atom. The fourth-order valence-corrected chi connectivity index (χ4v) is 2.81. The van der Waals surface area contributed by atoms with Crippen LogP contribution in [0.25, 0.3) is 0 Å². The van der Waals surface area contributed by atoms with Crippen LogP contribution in [-0.2, 0) is 9.59 Å². The maximum absolute atomic E-state index is 12.4. The average molecular weight is 389 g/mol. The second-order valence-corrected chi connectivity index (χ2v) is 6.41. The van der Waals surface area contributed by atoms with Gasteiger partial charge in [0.1, 0.15) is 12.3 Å². The number of hydrogen-bond acceptors (Lipinski definition) is 3. The second-order valence-electron chi connectivity index (χ2n) is 5.56. The van der Waals surface area contributed by atoms with Crippen LogP contribution in [0.15, 0.2) is 46.9 Å². The molecule has 3 rings (SSSR count). The van der Waals surface area contributed by atoms with Gasteiger partial charge in [0.2, 0.25) is 11.8 Å². The number of nitrogens with zero attached hydrogens (tertiary/aromatic N) is 1. The molecule has 5 nitrogen and oxygen atoms in total. The van der Waals surface area contributed by atoms with Crippen LogP contribution in [0, 0.1) is 6.92 Å². The number of halogens is 1. The summed E-state index contributed by atoms with van der Waals surface area (Å²) in [4.78, 5) is 26.2. The van der Waals surface area contributed by atoms with Crippen LogP contribution in [0.2, 0.25) is 0 Å². The number of hydrogen-bond donors (Lipinski definition) is 1. The highest BCUT2D eigenvalue weighted by Crippen LogP contribution is 2.30. The van der Waals surface area contributed by atoms with Gasteiger partial charge in [-0.1, -0.05) is 28.1 Å². The monoisotopic (exact) mass is 388 g/mol. The van der Waals surface area contributed by atoms with Gasteiger partial charge in [0.25, 0.3) is 0 Å². The molecule has 1 aliphatic rings. The topological polar surface area (TPSA) is 58.6 Å². The van der Waals surface area contributed by atoms with E-state index in [1.165, 1.54) is 4.90 Å². The van der Waals surface area contributed by atoms with Gasteiger partial charge in [0.15, 0.2) is 0 Å². The average Bonchev–Trinajstić information content (AvgIpc) is 2.71. The summed E-state index contributed by atoms with van der Waals surface area (Å²) < 4.78 is 6.56. The lowest BCUT2D eigenvalue weighted by Crippen LogP contribution is -2.37. The minimum absolute atomic E-state index is 0.0473. The molecule has 2 aromatic carbocycles. The molecule has 6 heteroatoms. The summed E-state index contributed by atoms with van der Waals surface area (Å²) in [7, 11) is 0. The quantitative estimate of drug-likeness (QED) is 0.874. The Kier molecular flexibility index (Phi) is 4.85. The van der Waals surface area contributed by atoms with Crippen LogP contribution in [-0.4, -0.2) is 25.0 Å². The molecule has 2 aromatic rings. The van der Waals surface area contributed by atoms with E-state index in [0.717, 1.165) is 10.0 Å². The molecule has 0 spiro atoms. The van der Waals surface area contributed by atoms with Crippen molar-refractivity contribution in [1.82, 2.24) is 0 Å². The van der Waals surface area contributed by atoms with Gasteiger partial charge in [-0.2, -0.15) is 0 Å². The van der Waals surface area contributed by atoms with E-state index in [1.807, 2.05) is 37.3 Å². The lowest BCUT2D eigenvalue weighted by molar-refractivity contribution is -0.121. The maximum atomic E-state index is 12.4. The first kappa shape index (κ1) is 16.5. The van der Waals surface area contributed by atoms with Gasteiger partial charge >= 0.3 is 0 Å². The van der Waals surface area contributed by atoms with Gasteiger partial charge in [-0.15, -0.1) is 0 Å². The Labute approximate surface area is 148 Å². The number of benzene rings is 2. The number of anilines is 2.